The van der Waals surface area contributed by atoms with Gasteiger partial charge in [-0.1, -0.05) is 20.8 Å². The number of nitrogens with zero attached hydrogens (tertiary/aromatic N) is 2. The minimum atomic E-state index is -0.668. The minimum absolute atomic E-state index is 0.0637. The molecule has 0 atom stereocenters. The molecule has 0 fully saturated rings. The third-order valence-corrected chi connectivity index (χ3v) is 5.09. The Kier molecular flexibility index (Phi) is 13.1. The molecule has 0 spiro atoms. The van der Waals surface area contributed by atoms with Crippen LogP contribution in [0.5, 0.6) is 0 Å². The van der Waals surface area contributed by atoms with E-state index in [4.69, 9.17) is 9.47 Å². The summed E-state index contributed by atoms with van der Waals surface area (Å²) in [5.74, 6) is -0.182. The van der Waals surface area contributed by atoms with E-state index in [9.17, 15) is 29.8 Å². The van der Waals surface area contributed by atoms with Gasteiger partial charge in [-0.2, -0.15) is 0 Å². The molecule has 0 heterocycles. The topological polar surface area (TPSA) is 139 Å². The second-order valence-electron chi connectivity index (χ2n) is 9.43. The molecule has 0 amide bonds. The van der Waals surface area contributed by atoms with Crippen LogP contribution in [0.1, 0.15) is 71.3 Å². The molecule has 0 aliphatic heterocycles. The highest BCUT2D eigenvalue weighted by Gasteiger charge is 2.19. The Balaban J connectivity index is 2.13. The fourth-order valence-electron chi connectivity index (χ4n) is 3.13. The summed E-state index contributed by atoms with van der Waals surface area (Å²) in [5, 5.41) is 21.9. The van der Waals surface area contributed by atoms with Gasteiger partial charge in [0.2, 0.25) is 0 Å². The number of non-ortho nitro benzene ring substituents is 1. The highest BCUT2D eigenvalue weighted by molar-refractivity contribution is 5.98. The third kappa shape index (κ3) is 13.1. The summed E-state index contributed by atoms with van der Waals surface area (Å²) in [5.41, 5.74) is 0.0348. The number of aryl methyl sites for hydroxylation is 1. The van der Waals surface area contributed by atoms with Gasteiger partial charge in [0.1, 0.15) is 11.6 Å². The minimum Gasteiger partial charge on any atom is -0.381 e. The first kappa shape index (κ1) is 29.3. The van der Waals surface area contributed by atoms with Gasteiger partial charge >= 0.3 is 0 Å². The van der Waals surface area contributed by atoms with E-state index < -0.39 is 9.85 Å². The average Bonchev–Trinajstić information content (AvgIpc) is 2.74. The molecule has 0 saturated heterocycles. The third-order valence-electron chi connectivity index (χ3n) is 5.09. The average molecular weight is 481 g/mol. The van der Waals surface area contributed by atoms with Gasteiger partial charge in [0, 0.05) is 50.9 Å². The molecule has 0 aliphatic carbocycles. The molecule has 0 saturated carbocycles. The number of ether oxygens (including phenoxy) is 2. The largest absolute Gasteiger partial charge is 0.381 e. The molecule has 0 aliphatic rings. The first-order chi connectivity index (χ1) is 16.0. The number of carbonyl (C=O) groups is 2. The van der Waals surface area contributed by atoms with E-state index >= 15 is 0 Å². The van der Waals surface area contributed by atoms with Crippen LogP contribution in [-0.2, 0) is 25.5 Å². The summed E-state index contributed by atoms with van der Waals surface area (Å²) in [6.07, 6.45) is 3.47. The van der Waals surface area contributed by atoms with Crippen molar-refractivity contribution in [1.29, 1.82) is 0 Å². The van der Waals surface area contributed by atoms with Crippen LogP contribution in [0.25, 0.3) is 0 Å². The number of hydrogen-bond acceptors (Lipinski definition) is 8. The molecular weight excluding hydrogens is 444 g/mol. The summed E-state index contributed by atoms with van der Waals surface area (Å²) < 4.78 is 11.0. The van der Waals surface area contributed by atoms with Gasteiger partial charge in [-0.05, 0) is 43.6 Å². The van der Waals surface area contributed by atoms with Gasteiger partial charge in [-0.3, -0.25) is 29.8 Å². The van der Waals surface area contributed by atoms with E-state index in [1.54, 1.807) is 0 Å². The smallest absolute Gasteiger partial charge is 0.279 e. The van der Waals surface area contributed by atoms with Crippen LogP contribution in [0.15, 0.2) is 18.2 Å². The predicted octanol–water partition coefficient (Wildman–Crippen LogP) is 4.99. The molecule has 34 heavy (non-hydrogen) atoms. The van der Waals surface area contributed by atoms with E-state index in [1.807, 2.05) is 0 Å². The zero-order chi connectivity index (χ0) is 25.6. The summed E-state index contributed by atoms with van der Waals surface area (Å²) in [4.78, 5) is 44.4. The Labute approximate surface area is 200 Å². The van der Waals surface area contributed by atoms with E-state index in [2.05, 4.69) is 20.8 Å². The molecular formula is C24H36N2O8. The van der Waals surface area contributed by atoms with Gasteiger partial charge in [0.15, 0.2) is 0 Å². The fourth-order valence-corrected chi connectivity index (χ4v) is 3.13. The molecule has 190 valence electrons. The number of Topliss-reactive ketones (excluding diaryl/α,β-unsaturated/α-hetero) is 2. The van der Waals surface area contributed by atoms with Crippen molar-refractivity contribution in [3.8, 4) is 0 Å². The molecule has 0 aromatic heterocycles. The number of nitro groups is 2. The maximum Gasteiger partial charge on any atom is 0.279 e. The molecule has 0 bridgehead atoms. The molecule has 1 aromatic carbocycles. The van der Waals surface area contributed by atoms with Crippen LogP contribution in [0.4, 0.5) is 11.4 Å². The number of benzene rings is 1. The van der Waals surface area contributed by atoms with Crippen molar-refractivity contribution < 1.29 is 28.9 Å². The van der Waals surface area contributed by atoms with Crippen molar-refractivity contribution in [2.75, 3.05) is 26.4 Å². The summed E-state index contributed by atoms with van der Waals surface area (Å²) in [7, 11) is 0. The summed E-state index contributed by atoms with van der Waals surface area (Å²) in [6, 6.07) is 3.60. The van der Waals surface area contributed by atoms with E-state index in [0.29, 0.717) is 64.1 Å². The fraction of sp³-hybridized carbons (Fsp3) is 0.667. The van der Waals surface area contributed by atoms with Crippen molar-refractivity contribution in [3.05, 3.63) is 44.0 Å². The van der Waals surface area contributed by atoms with Crippen molar-refractivity contribution >= 4 is 22.9 Å². The Morgan fingerprint density at radius 2 is 1.41 bits per heavy atom. The molecule has 10 nitrogen and oxygen atoms in total. The molecule has 0 radical (unpaired) electrons. The van der Waals surface area contributed by atoms with Gasteiger partial charge in [0.25, 0.3) is 11.4 Å². The lowest BCUT2D eigenvalue weighted by Gasteiger charge is -2.17. The van der Waals surface area contributed by atoms with E-state index in [1.165, 1.54) is 12.1 Å². The number of hydrogen-bond donors (Lipinski definition) is 0. The van der Waals surface area contributed by atoms with Crippen molar-refractivity contribution in [1.82, 2.24) is 0 Å². The monoisotopic (exact) mass is 480 g/mol. The van der Waals surface area contributed by atoms with Crippen LogP contribution >= 0.6 is 0 Å². The van der Waals surface area contributed by atoms with Crippen molar-refractivity contribution in [2.45, 2.75) is 72.1 Å². The van der Waals surface area contributed by atoms with Crippen molar-refractivity contribution in [2.24, 2.45) is 5.41 Å². The van der Waals surface area contributed by atoms with Crippen LogP contribution in [0.3, 0.4) is 0 Å². The molecule has 0 N–H and O–H groups in total. The van der Waals surface area contributed by atoms with Gasteiger partial charge in [0.05, 0.1) is 22.3 Å². The lowest BCUT2D eigenvalue weighted by Crippen LogP contribution is -2.12. The van der Waals surface area contributed by atoms with Crippen LogP contribution in [0, 0.1) is 25.6 Å². The van der Waals surface area contributed by atoms with E-state index in [0.717, 1.165) is 12.5 Å². The first-order valence-corrected chi connectivity index (χ1v) is 11.6. The second-order valence-corrected chi connectivity index (χ2v) is 9.43. The Morgan fingerprint density at radius 3 is 1.94 bits per heavy atom. The SMILES string of the molecule is CC(C)(C)CCOCCCC(=O)CC(=O)CCCOCCCc1ccc([N+](=O)[O-])cc1[N+](=O)[O-]. The van der Waals surface area contributed by atoms with Crippen LogP contribution in [-0.4, -0.2) is 47.8 Å². The van der Waals surface area contributed by atoms with Gasteiger partial charge in [-0.25, -0.2) is 0 Å². The van der Waals surface area contributed by atoms with E-state index in [-0.39, 0.29) is 41.2 Å². The van der Waals surface area contributed by atoms with Crippen molar-refractivity contribution in [3.63, 3.8) is 0 Å². The first-order valence-electron chi connectivity index (χ1n) is 11.6. The number of carbonyl (C=O) groups excluding carboxylic acids is 2. The molecule has 0 unspecified atom stereocenters. The Hall–Kier alpha value is -2.72. The molecule has 1 rings (SSSR count). The maximum absolute atomic E-state index is 11.9. The lowest BCUT2D eigenvalue weighted by molar-refractivity contribution is -0.394. The standard InChI is InChI=1S/C24H36N2O8/c1-24(2,3)12-16-34-15-6-9-22(28)18-21(27)8-5-14-33-13-4-7-19-10-11-20(25(29)30)17-23(19)26(31)32/h10-11,17H,4-9,12-16,18H2,1-3H3. The Bertz CT molecular complexity index is 833. The number of ketones is 2. The normalized spacial score (nSPS) is 11.4. The predicted molar refractivity (Wildman–Crippen MR) is 127 cm³/mol. The number of rotatable bonds is 18. The zero-order valence-electron chi connectivity index (χ0n) is 20.4. The van der Waals surface area contributed by atoms with Gasteiger partial charge in [-0.15, -0.1) is 0 Å². The highest BCUT2D eigenvalue weighted by Crippen LogP contribution is 2.25. The van der Waals surface area contributed by atoms with Gasteiger partial charge < -0.3 is 9.47 Å². The van der Waals surface area contributed by atoms with Crippen LogP contribution in [0.2, 0.25) is 0 Å². The van der Waals surface area contributed by atoms with Crippen LogP contribution < -0.4 is 0 Å². The summed E-state index contributed by atoms with van der Waals surface area (Å²) in [6.45, 7) is 8.32. The lowest BCUT2D eigenvalue weighted by atomic mass is 9.93. The quantitative estimate of drug-likeness (QED) is 0.124. The second kappa shape index (κ2) is 15.2. The Morgan fingerprint density at radius 1 is 0.853 bits per heavy atom. The number of nitro benzene ring substituents is 2. The molecule has 1 aromatic rings. The highest BCUT2D eigenvalue weighted by atomic mass is 16.6. The summed E-state index contributed by atoms with van der Waals surface area (Å²) >= 11 is 0. The maximum atomic E-state index is 11.9. The molecule has 10 heteroatoms. The zero-order valence-corrected chi connectivity index (χ0v) is 20.4.